The van der Waals surface area contributed by atoms with Gasteiger partial charge >= 0.3 is 5.97 Å². The number of hydrogen-bond acceptors (Lipinski definition) is 4. The molecule has 1 fully saturated rings. The molecule has 3 N–H and O–H groups in total. The fourth-order valence-corrected chi connectivity index (χ4v) is 3.20. The Bertz CT molecular complexity index is 284. The van der Waals surface area contributed by atoms with E-state index < -0.39 is 11.5 Å². The summed E-state index contributed by atoms with van der Waals surface area (Å²) < 4.78 is 0. The van der Waals surface area contributed by atoms with Crippen LogP contribution in [0.3, 0.4) is 0 Å². The zero-order chi connectivity index (χ0) is 14.3. The molecule has 0 radical (unpaired) electrons. The molecule has 0 heterocycles. The van der Waals surface area contributed by atoms with Gasteiger partial charge in [0, 0.05) is 17.9 Å². The van der Waals surface area contributed by atoms with E-state index in [1.807, 2.05) is 18.7 Å². The van der Waals surface area contributed by atoms with E-state index in [0.29, 0.717) is 24.1 Å². The SMILES string of the molecule is CCC(CCCSC(C)CCO)(NC1CC1)C(=O)O. The molecular formula is C14H27NO3S. The van der Waals surface area contributed by atoms with Gasteiger partial charge in [-0.3, -0.25) is 10.1 Å². The minimum Gasteiger partial charge on any atom is -0.480 e. The first-order chi connectivity index (χ1) is 9.04. The first-order valence-electron chi connectivity index (χ1n) is 7.27. The minimum atomic E-state index is -0.734. The Morgan fingerprint density at radius 3 is 2.68 bits per heavy atom. The van der Waals surface area contributed by atoms with Crippen LogP contribution in [0, 0.1) is 0 Å². The molecule has 0 aliphatic heterocycles. The van der Waals surface area contributed by atoms with Crippen molar-refractivity contribution in [3.8, 4) is 0 Å². The molecule has 0 saturated heterocycles. The molecule has 1 aliphatic rings. The van der Waals surface area contributed by atoms with E-state index in [9.17, 15) is 9.90 Å². The number of thioether (sulfide) groups is 1. The predicted octanol–water partition coefficient (Wildman–Crippen LogP) is 2.26. The highest BCUT2D eigenvalue weighted by Gasteiger charge is 2.40. The Morgan fingerprint density at radius 1 is 1.53 bits per heavy atom. The Kier molecular flexibility index (Phi) is 7.18. The van der Waals surface area contributed by atoms with Gasteiger partial charge in [0.15, 0.2) is 0 Å². The number of nitrogens with one attached hydrogen (secondary N) is 1. The van der Waals surface area contributed by atoms with Gasteiger partial charge in [0.05, 0.1) is 0 Å². The number of aliphatic carboxylic acids is 1. The van der Waals surface area contributed by atoms with E-state index >= 15 is 0 Å². The Balaban J connectivity index is 2.33. The fourth-order valence-electron chi connectivity index (χ4n) is 2.21. The summed E-state index contributed by atoms with van der Waals surface area (Å²) in [6, 6.07) is 0.414. The largest absolute Gasteiger partial charge is 0.480 e. The van der Waals surface area contributed by atoms with Crippen molar-refractivity contribution in [1.29, 1.82) is 0 Å². The summed E-state index contributed by atoms with van der Waals surface area (Å²) in [5, 5.41) is 22.1. The third-order valence-electron chi connectivity index (χ3n) is 3.76. The van der Waals surface area contributed by atoms with Crippen LogP contribution in [0.25, 0.3) is 0 Å². The number of aliphatic hydroxyl groups is 1. The van der Waals surface area contributed by atoms with E-state index in [0.717, 1.165) is 31.4 Å². The van der Waals surface area contributed by atoms with Crippen LogP contribution in [0.15, 0.2) is 0 Å². The zero-order valence-electron chi connectivity index (χ0n) is 12.0. The fraction of sp³-hybridized carbons (Fsp3) is 0.929. The van der Waals surface area contributed by atoms with Crippen molar-refractivity contribution in [3.63, 3.8) is 0 Å². The number of carbonyl (C=O) groups is 1. The second-order valence-electron chi connectivity index (χ2n) is 5.46. The molecule has 1 rings (SSSR count). The summed E-state index contributed by atoms with van der Waals surface area (Å²) in [6.45, 7) is 4.28. The maximum Gasteiger partial charge on any atom is 0.323 e. The quantitative estimate of drug-likeness (QED) is 0.509. The van der Waals surface area contributed by atoms with Crippen molar-refractivity contribution in [2.75, 3.05) is 12.4 Å². The summed E-state index contributed by atoms with van der Waals surface area (Å²) in [6.07, 6.45) is 5.25. The summed E-state index contributed by atoms with van der Waals surface area (Å²) in [5.74, 6) is 0.248. The minimum absolute atomic E-state index is 0.228. The summed E-state index contributed by atoms with van der Waals surface area (Å²) in [5.41, 5.74) is -0.734. The molecule has 0 spiro atoms. The van der Waals surface area contributed by atoms with Crippen LogP contribution in [0.4, 0.5) is 0 Å². The number of aliphatic hydroxyl groups excluding tert-OH is 1. The van der Waals surface area contributed by atoms with Crippen molar-refractivity contribution in [3.05, 3.63) is 0 Å². The van der Waals surface area contributed by atoms with Crippen molar-refractivity contribution < 1.29 is 15.0 Å². The van der Waals surface area contributed by atoms with Gasteiger partial charge in [-0.1, -0.05) is 13.8 Å². The topological polar surface area (TPSA) is 69.6 Å². The number of carboxylic acid groups (broad SMARTS) is 1. The summed E-state index contributed by atoms with van der Waals surface area (Å²) in [7, 11) is 0. The average molecular weight is 289 g/mol. The molecular weight excluding hydrogens is 262 g/mol. The molecule has 0 aromatic carbocycles. The van der Waals surface area contributed by atoms with Crippen LogP contribution < -0.4 is 5.32 Å². The first-order valence-corrected chi connectivity index (χ1v) is 8.32. The lowest BCUT2D eigenvalue weighted by Crippen LogP contribution is -2.52. The van der Waals surface area contributed by atoms with E-state index in [1.165, 1.54) is 0 Å². The highest BCUT2D eigenvalue weighted by atomic mass is 32.2. The second-order valence-corrected chi connectivity index (χ2v) is 7.00. The smallest absolute Gasteiger partial charge is 0.323 e. The van der Waals surface area contributed by atoms with Crippen LogP contribution in [0.1, 0.15) is 52.4 Å². The maximum atomic E-state index is 11.5. The van der Waals surface area contributed by atoms with E-state index in [2.05, 4.69) is 12.2 Å². The van der Waals surface area contributed by atoms with Crippen LogP contribution in [0.5, 0.6) is 0 Å². The highest BCUT2D eigenvalue weighted by Crippen LogP contribution is 2.28. The Morgan fingerprint density at radius 2 is 2.21 bits per heavy atom. The summed E-state index contributed by atoms with van der Waals surface area (Å²) in [4.78, 5) is 11.5. The molecule has 1 saturated carbocycles. The monoisotopic (exact) mass is 289 g/mol. The van der Waals surface area contributed by atoms with Crippen LogP contribution in [-0.4, -0.2) is 45.4 Å². The molecule has 0 bridgehead atoms. The molecule has 4 nitrogen and oxygen atoms in total. The Labute approximate surface area is 120 Å². The van der Waals surface area contributed by atoms with Gasteiger partial charge in [0.1, 0.15) is 5.54 Å². The lowest BCUT2D eigenvalue weighted by molar-refractivity contribution is -0.145. The predicted molar refractivity (Wildman–Crippen MR) is 79.7 cm³/mol. The van der Waals surface area contributed by atoms with Gasteiger partial charge in [0.25, 0.3) is 0 Å². The van der Waals surface area contributed by atoms with Crippen LogP contribution in [-0.2, 0) is 4.79 Å². The average Bonchev–Trinajstić information content (AvgIpc) is 3.17. The molecule has 0 aromatic heterocycles. The molecule has 2 unspecified atom stereocenters. The Hall–Kier alpha value is -0.260. The zero-order valence-corrected chi connectivity index (χ0v) is 12.8. The molecule has 0 amide bonds. The van der Waals surface area contributed by atoms with E-state index in [4.69, 9.17) is 5.11 Å². The number of rotatable bonds is 11. The molecule has 0 aromatic rings. The first kappa shape index (κ1) is 16.8. The van der Waals surface area contributed by atoms with E-state index in [-0.39, 0.29) is 6.61 Å². The molecule has 112 valence electrons. The third-order valence-corrected chi connectivity index (χ3v) is 5.09. The van der Waals surface area contributed by atoms with Gasteiger partial charge in [-0.2, -0.15) is 11.8 Å². The summed E-state index contributed by atoms with van der Waals surface area (Å²) >= 11 is 1.82. The molecule has 2 atom stereocenters. The van der Waals surface area contributed by atoms with Crippen molar-refractivity contribution in [2.24, 2.45) is 0 Å². The van der Waals surface area contributed by atoms with Gasteiger partial charge in [-0.05, 0) is 44.3 Å². The third kappa shape index (κ3) is 5.71. The molecule has 5 heteroatoms. The van der Waals surface area contributed by atoms with E-state index in [1.54, 1.807) is 0 Å². The number of hydrogen-bond donors (Lipinski definition) is 3. The van der Waals surface area contributed by atoms with Crippen molar-refractivity contribution in [1.82, 2.24) is 5.32 Å². The lowest BCUT2D eigenvalue weighted by Gasteiger charge is -2.30. The van der Waals surface area contributed by atoms with Gasteiger partial charge < -0.3 is 10.2 Å². The maximum absolute atomic E-state index is 11.5. The number of carboxylic acids is 1. The van der Waals surface area contributed by atoms with Crippen molar-refractivity contribution >= 4 is 17.7 Å². The van der Waals surface area contributed by atoms with Gasteiger partial charge in [-0.15, -0.1) is 0 Å². The normalized spacial score (nSPS) is 19.9. The second kappa shape index (κ2) is 8.12. The van der Waals surface area contributed by atoms with Crippen LogP contribution in [0.2, 0.25) is 0 Å². The standard InChI is InChI=1S/C14H27NO3S/c1-3-14(13(17)18,15-12-5-6-12)8-4-10-19-11(2)7-9-16/h11-12,15-16H,3-10H2,1-2H3,(H,17,18). The van der Waals surface area contributed by atoms with Crippen LogP contribution >= 0.6 is 11.8 Å². The molecule has 19 heavy (non-hydrogen) atoms. The highest BCUT2D eigenvalue weighted by molar-refractivity contribution is 7.99. The molecule has 1 aliphatic carbocycles. The lowest BCUT2D eigenvalue weighted by atomic mass is 9.90. The van der Waals surface area contributed by atoms with Gasteiger partial charge in [0.2, 0.25) is 0 Å². The van der Waals surface area contributed by atoms with Gasteiger partial charge in [-0.25, -0.2) is 0 Å². The van der Waals surface area contributed by atoms with Crippen molar-refractivity contribution in [2.45, 2.75) is 69.2 Å².